The molecule has 0 radical (unpaired) electrons. The van der Waals surface area contributed by atoms with E-state index in [1.165, 1.54) is 44.5 Å². The molecular formula is C48H48O4. The molecule has 8 rings (SSSR count). The number of aliphatic hydroxyl groups is 2. The monoisotopic (exact) mass is 688 g/mol. The lowest BCUT2D eigenvalue weighted by atomic mass is 9.68. The van der Waals surface area contributed by atoms with Gasteiger partial charge in [-0.3, -0.25) is 0 Å². The van der Waals surface area contributed by atoms with Crippen molar-refractivity contribution in [2.45, 2.75) is 39.5 Å². The summed E-state index contributed by atoms with van der Waals surface area (Å²) in [6, 6.07) is 51.4. The largest absolute Gasteiger partial charge is 0.493 e. The summed E-state index contributed by atoms with van der Waals surface area (Å²) in [5.41, 5.74) is 11.9. The number of hydrogen-bond acceptors (Lipinski definition) is 4. The highest BCUT2D eigenvalue weighted by atomic mass is 16.5. The predicted octanol–water partition coefficient (Wildman–Crippen LogP) is 10.1. The summed E-state index contributed by atoms with van der Waals surface area (Å²) in [6.07, 6.45) is 1.10. The molecule has 0 amide bonds. The highest BCUT2D eigenvalue weighted by Crippen LogP contribution is 2.56. The zero-order chi connectivity index (χ0) is 36.3. The van der Waals surface area contributed by atoms with Gasteiger partial charge in [-0.2, -0.15) is 0 Å². The van der Waals surface area contributed by atoms with E-state index in [9.17, 15) is 10.2 Å². The van der Waals surface area contributed by atoms with E-state index in [0.717, 1.165) is 29.0 Å². The summed E-state index contributed by atoms with van der Waals surface area (Å²) in [7, 11) is 0. The summed E-state index contributed by atoms with van der Waals surface area (Å²) in [5.74, 6) is 1.57. The summed E-state index contributed by atoms with van der Waals surface area (Å²) in [4.78, 5) is 0. The number of benzene rings is 6. The van der Waals surface area contributed by atoms with Crippen molar-refractivity contribution in [3.8, 4) is 33.8 Å². The molecule has 0 aromatic heterocycles. The molecule has 264 valence electrons. The molecule has 6 aromatic rings. The highest BCUT2D eigenvalue weighted by Gasteiger charge is 2.45. The Kier molecular flexibility index (Phi) is 9.80. The first kappa shape index (κ1) is 35.3. The van der Waals surface area contributed by atoms with Gasteiger partial charge >= 0.3 is 0 Å². The fourth-order valence-corrected chi connectivity index (χ4v) is 7.35. The molecule has 4 heteroatoms. The van der Waals surface area contributed by atoms with Crippen LogP contribution in [-0.4, -0.2) is 36.6 Å². The lowest BCUT2D eigenvalue weighted by Crippen LogP contribution is -2.29. The number of aliphatic hydroxyl groups excluding tert-OH is 2. The van der Waals surface area contributed by atoms with Gasteiger partial charge in [0.1, 0.15) is 11.5 Å². The van der Waals surface area contributed by atoms with Crippen molar-refractivity contribution in [2.24, 2.45) is 10.8 Å². The Hall–Kier alpha value is -5.16. The second kappa shape index (κ2) is 14.5. The zero-order valence-electron chi connectivity index (χ0n) is 30.6. The van der Waals surface area contributed by atoms with Gasteiger partial charge in [-0.05, 0) is 86.3 Å². The summed E-state index contributed by atoms with van der Waals surface area (Å²) >= 11 is 0. The summed E-state index contributed by atoms with van der Waals surface area (Å²) in [5, 5.41) is 19.2. The SMILES string of the molecule is CC(C)(CO)COc1ccc(C2(c3ccc(OCC(C)(C)CO)cc3)c3ccccc3-c3ccccc32)cc1.c1ccc2c(c1)Cc1ccccc1-2. The molecule has 6 aromatic carbocycles. The Morgan fingerprint density at radius 3 is 1.19 bits per heavy atom. The van der Waals surface area contributed by atoms with E-state index in [0.29, 0.717) is 13.2 Å². The van der Waals surface area contributed by atoms with Gasteiger partial charge < -0.3 is 19.7 Å². The molecular weight excluding hydrogens is 641 g/mol. The number of rotatable bonds is 10. The van der Waals surface area contributed by atoms with Gasteiger partial charge in [0.25, 0.3) is 0 Å². The minimum Gasteiger partial charge on any atom is -0.493 e. The van der Waals surface area contributed by atoms with E-state index in [2.05, 4.69) is 121 Å². The van der Waals surface area contributed by atoms with Crippen molar-refractivity contribution in [1.82, 2.24) is 0 Å². The van der Waals surface area contributed by atoms with Crippen LogP contribution in [-0.2, 0) is 11.8 Å². The van der Waals surface area contributed by atoms with Gasteiger partial charge in [-0.1, -0.05) is 149 Å². The molecule has 0 heterocycles. The maximum atomic E-state index is 9.61. The maximum Gasteiger partial charge on any atom is 0.119 e. The van der Waals surface area contributed by atoms with Crippen LogP contribution in [0.5, 0.6) is 11.5 Å². The Labute approximate surface area is 308 Å². The molecule has 2 N–H and O–H groups in total. The molecule has 0 bridgehead atoms. The lowest BCUT2D eigenvalue weighted by Gasteiger charge is -2.34. The van der Waals surface area contributed by atoms with Gasteiger partial charge in [0.2, 0.25) is 0 Å². The van der Waals surface area contributed by atoms with E-state index in [1.807, 2.05) is 52.0 Å². The van der Waals surface area contributed by atoms with Crippen LogP contribution in [0.2, 0.25) is 0 Å². The average Bonchev–Trinajstić information content (AvgIpc) is 3.71. The van der Waals surface area contributed by atoms with Crippen molar-refractivity contribution in [1.29, 1.82) is 0 Å². The third kappa shape index (κ3) is 6.77. The van der Waals surface area contributed by atoms with Crippen LogP contribution in [0.25, 0.3) is 22.3 Å². The molecule has 0 spiro atoms. The molecule has 0 saturated carbocycles. The third-order valence-corrected chi connectivity index (χ3v) is 10.3. The van der Waals surface area contributed by atoms with Gasteiger partial charge in [-0.25, -0.2) is 0 Å². The lowest BCUT2D eigenvalue weighted by molar-refractivity contribution is 0.0975. The first-order chi connectivity index (χ1) is 25.1. The Morgan fingerprint density at radius 1 is 0.462 bits per heavy atom. The average molecular weight is 689 g/mol. The molecule has 4 nitrogen and oxygen atoms in total. The molecule has 0 fully saturated rings. The number of fused-ring (bicyclic) bond motifs is 6. The predicted molar refractivity (Wildman–Crippen MR) is 211 cm³/mol. The highest BCUT2D eigenvalue weighted by molar-refractivity contribution is 5.86. The van der Waals surface area contributed by atoms with Gasteiger partial charge in [-0.15, -0.1) is 0 Å². The molecule has 2 aliphatic rings. The van der Waals surface area contributed by atoms with E-state index < -0.39 is 5.41 Å². The Morgan fingerprint density at radius 2 is 0.808 bits per heavy atom. The minimum absolute atomic E-state index is 0.0684. The Bertz CT molecular complexity index is 1990. The standard InChI is InChI=1S/C35H38O4.C13H10/c1-33(2,21-36)23-38-27-17-13-25(14-18-27)35(26-15-19-28(20-16-26)39-24-34(3,4)22-37)31-11-7-5-9-29(31)30-10-6-8-12-32(30)35;1-3-7-12-10(5-1)9-11-6-2-4-8-13(11)12/h5-20,36-37H,21-24H2,1-4H3;1-8H,9H2. The third-order valence-electron chi connectivity index (χ3n) is 10.3. The van der Waals surface area contributed by atoms with Crippen molar-refractivity contribution in [3.05, 3.63) is 179 Å². The van der Waals surface area contributed by atoms with Gasteiger partial charge in [0.15, 0.2) is 0 Å². The van der Waals surface area contributed by atoms with E-state index in [1.54, 1.807) is 0 Å². The van der Waals surface area contributed by atoms with Crippen LogP contribution >= 0.6 is 0 Å². The van der Waals surface area contributed by atoms with Crippen molar-refractivity contribution >= 4 is 0 Å². The topological polar surface area (TPSA) is 58.9 Å². The van der Waals surface area contributed by atoms with E-state index in [4.69, 9.17) is 9.47 Å². The fourth-order valence-electron chi connectivity index (χ4n) is 7.35. The number of hydrogen-bond donors (Lipinski definition) is 2. The smallest absolute Gasteiger partial charge is 0.119 e. The molecule has 0 saturated heterocycles. The Balaban J connectivity index is 0.000000268. The van der Waals surface area contributed by atoms with Crippen molar-refractivity contribution < 1.29 is 19.7 Å². The van der Waals surface area contributed by atoms with Crippen LogP contribution in [0, 0.1) is 10.8 Å². The van der Waals surface area contributed by atoms with Crippen LogP contribution in [0.4, 0.5) is 0 Å². The molecule has 0 unspecified atom stereocenters. The number of ether oxygens (including phenoxy) is 2. The second-order valence-corrected chi connectivity index (χ2v) is 15.6. The minimum atomic E-state index is -0.501. The normalized spacial score (nSPS) is 13.6. The van der Waals surface area contributed by atoms with Gasteiger partial charge in [0.05, 0.1) is 31.8 Å². The van der Waals surface area contributed by atoms with Crippen LogP contribution in [0.3, 0.4) is 0 Å². The molecule has 52 heavy (non-hydrogen) atoms. The van der Waals surface area contributed by atoms with E-state index in [-0.39, 0.29) is 24.0 Å². The van der Waals surface area contributed by atoms with Crippen molar-refractivity contribution in [2.75, 3.05) is 26.4 Å². The van der Waals surface area contributed by atoms with Crippen molar-refractivity contribution in [3.63, 3.8) is 0 Å². The first-order valence-corrected chi connectivity index (χ1v) is 18.2. The van der Waals surface area contributed by atoms with Crippen LogP contribution in [0.1, 0.15) is 61.1 Å². The molecule has 0 aliphatic heterocycles. The molecule has 0 atom stereocenters. The summed E-state index contributed by atoms with van der Waals surface area (Å²) in [6.45, 7) is 8.96. The van der Waals surface area contributed by atoms with Crippen LogP contribution in [0.15, 0.2) is 146 Å². The zero-order valence-corrected chi connectivity index (χ0v) is 30.6. The maximum absolute atomic E-state index is 9.61. The quantitative estimate of drug-likeness (QED) is 0.150. The van der Waals surface area contributed by atoms with Crippen LogP contribution < -0.4 is 9.47 Å². The second-order valence-electron chi connectivity index (χ2n) is 15.6. The fraction of sp³-hybridized carbons (Fsp3) is 0.250. The van der Waals surface area contributed by atoms with Gasteiger partial charge in [0, 0.05) is 10.8 Å². The molecule has 2 aliphatic carbocycles. The summed E-state index contributed by atoms with van der Waals surface area (Å²) < 4.78 is 12.1. The van der Waals surface area contributed by atoms with E-state index >= 15 is 0 Å². The first-order valence-electron chi connectivity index (χ1n) is 18.2.